The number of nitrogens with zero attached hydrogens (tertiary/aromatic N) is 2. The molecule has 2 aromatic rings. The first kappa shape index (κ1) is 12.8. The molecule has 3 nitrogen and oxygen atoms in total. The fourth-order valence-corrected chi connectivity index (χ4v) is 5.03. The Morgan fingerprint density at radius 2 is 1.85 bits per heavy atom. The second kappa shape index (κ2) is 5.15. The summed E-state index contributed by atoms with van der Waals surface area (Å²) < 4.78 is 0. The molecule has 0 radical (unpaired) electrons. The Bertz CT molecular complexity index is 646. The third-order valence-corrected chi connectivity index (χ3v) is 5.92. The summed E-state index contributed by atoms with van der Waals surface area (Å²) in [5, 5.41) is 5.20. The molecule has 2 heterocycles. The molecule has 0 unspecified atom stereocenters. The largest absolute Gasteiger partial charge is 0.351 e. The lowest BCUT2D eigenvalue weighted by Crippen LogP contribution is -2.16. The van der Waals surface area contributed by atoms with Crippen molar-refractivity contribution in [2.45, 2.75) is 57.4 Å². The van der Waals surface area contributed by atoms with E-state index in [0.717, 1.165) is 16.6 Å². The lowest BCUT2D eigenvalue weighted by Gasteiger charge is -2.12. The van der Waals surface area contributed by atoms with E-state index in [4.69, 9.17) is 16.6 Å². The van der Waals surface area contributed by atoms with Crippen LogP contribution >= 0.6 is 22.9 Å². The Balaban J connectivity index is 1.73. The fraction of sp³-hybridized carbons (Fsp3) is 0.600. The van der Waals surface area contributed by atoms with Gasteiger partial charge in [-0.2, -0.15) is 0 Å². The van der Waals surface area contributed by atoms with Gasteiger partial charge in [-0.1, -0.05) is 24.4 Å². The van der Waals surface area contributed by atoms with Gasteiger partial charge in [-0.05, 0) is 44.1 Å². The summed E-state index contributed by atoms with van der Waals surface area (Å²) in [4.78, 5) is 11.8. The highest BCUT2D eigenvalue weighted by molar-refractivity contribution is 7.19. The molecule has 1 fully saturated rings. The fourth-order valence-electron chi connectivity index (χ4n) is 3.43. The number of thiophene rings is 1. The van der Waals surface area contributed by atoms with Gasteiger partial charge in [0.1, 0.15) is 9.98 Å². The van der Waals surface area contributed by atoms with Crippen molar-refractivity contribution in [1.82, 2.24) is 9.97 Å². The number of hydrogen-bond acceptors (Lipinski definition) is 4. The summed E-state index contributed by atoms with van der Waals surface area (Å²) in [6.45, 7) is 0. The van der Waals surface area contributed by atoms with Crippen LogP contribution in [0.3, 0.4) is 0 Å². The third-order valence-electron chi connectivity index (χ3n) is 4.46. The van der Waals surface area contributed by atoms with E-state index in [9.17, 15) is 0 Å². The Labute approximate surface area is 127 Å². The van der Waals surface area contributed by atoms with Crippen LogP contribution in [0.4, 0.5) is 5.95 Å². The maximum absolute atomic E-state index is 6.44. The van der Waals surface area contributed by atoms with Gasteiger partial charge in [0.2, 0.25) is 5.95 Å². The number of aromatic nitrogens is 2. The number of anilines is 1. The number of rotatable bonds is 2. The minimum atomic E-state index is 0.526. The van der Waals surface area contributed by atoms with Crippen LogP contribution in [-0.4, -0.2) is 16.0 Å². The summed E-state index contributed by atoms with van der Waals surface area (Å²) in [5.41, 5.74) is 1.41. The Morgan fingerprint density at radius 3 is 2.70 bits per heavy atom. The molecule has 0 aromatic carbocycles. The summed E-state index contributed by atoms with van der Waals surface area (Å²) in [6, 6.07) is 0.526. The van der Waals surface area contributed by atoms with E-state index >= 15 is 0 Å². The molecule has 0 aliphatic heterocycles. The van der Waals surface area contributed by atoms with E-state index in [2.05, 4.69) is 10.3 Å². The van der Waals surface area contributed by atoms with Crippen LogP contribution in [0.1, 0.15) is 49.0 Å². The number of hydrogen-bond donors (Lipinski definition) is 1. The van der Waals surface area contributed by atoms with Gasteiger partial charge < -0.3 is 5.32 Å². The van der Waals surface area contributed by atoms with Gasteiger partial charge >= 0.3 is 0 Å². The zero-order valence-electron chi connectivity index (χ0n) is 11.4. The summed E-state index contributed by atoms with van der Waals surface area (Å²) in [6.07, 6.45) is 9.92. The standard InChI is InChI=1S/C15H18ClN3S/c16-13-12-10-7-3-4-8-11(10)20-14(12)19-15(18-13)17-9-5-1-2-6-9/h9H,1-8H2,(H,17,18,19). The van der Waals surface area contributed by atoms with Crippen LogP contribution in [0.2, 0.25) is 5.15 Å². The molecule has 0 spiro atoms. The molecule has 4 rings (SSSR count). The molecular weight excluding hydrogens is 290 g/mol. The first-order chi connectivity index (χ1) is 9.81. The molecular formula is C15H18ClN3S. The highest BCUT2D eigenvalue weighted by atomic mass is 35.5. The second-order valence-corrected chi connectivity index (χ2v) is 7.30. The first-order valence-corrected chi connectivity index (χ1v) is 8.75. The van der Waals surface area contributed by atoms with Crippen LogP contribution in [0, 0.1) is 0 Å². The Hall–Kier alpha value is -0.870. The van der Waals surface area contributed by atoms with Crippen LogP contribution in [0.25, 0.3) is 10.2 Å². The lowest BCUT2D eigenvalue weighted by molar-refractivity contribution is 0.700. The number of nitrogens with one attached hydrogen (secondary N) is 1. The summed E-state index contributed by atoms with van der Waals surface area (Å²) >= 11 is 8.25. The van der Waals surface area contributed by atoms with Crippen molar-refractivity contribution in [3.8, 4) is 0 Å². The summed E-state index contributed by atoms with van der Waals surface area (Å²) in [5.74, 6) is 0.716. The molecule has 0 bridgehead atoms. The van der Waals surface area contributed by atoms with Gasteiger partial charge in [0.15, 0.2) is 0 Å². The molecule has 0 amide bonds. The van der Waals surface area contributed by atoms with Gasteiger partial charge in [-0.25, -0.2) is 9.97 Å². The van der Waals surface area contributed by atoms with Crippen molar-refractivity contribution in [3.05, 3.63) is 15.6 Å². The van der Waals surface area contributed by atoms with Crippen LogP contribution in [-0.2, 0) is 12.8 Å². The topological polar surface area (TPSA) is 37.8 Å². The van der Waals surface area contributed by atoms with Crippen molar-refractivity contribution in [2.24, 2.45) is 0 Å². The number of aryl methyl sites for hydroxylation is 2. The minimum absolute atomic E-state index is 0.526. The molecule has 106 valence electrons. The molecule has 1 saturated carbocycles. The monoisotopic (exact) mass is 307 g/mol. The summed E-state index contributed by atoms with van der Waals surface area (Å²) in [7, 11) is 0. The quantitative estimate of drug-likeness (QED) is 0.825. The molecule has 0 atom stereocenters. The molecule has 1 N–H and O–H groups in total. The zero-order chi connectivity index (χ0) is 13.5. The van der Waals surface area contributed by atoms with Crippen LogP contribution in [0.5, 0.6) is 0 Å². The van der Waals surface area contributed by atoms with Crippen molar-refractivity contribution >= 4 is 39.1 Å². The van der Waals surface area contributed by atoms with Crippen LogP contribution in [0.15, 0.2) is 0 Å². The van der Waals surface area contributed by atoms with Crippen molar-refractivity contribution in [1.29, 1.82) is 0 Å². The lowest BCUT2D eigenvalue weighted by atomic mass is 9.97. The van der Waals surface area contributed by atoms with Crippen molar-refractivity contribution < 1.29 is 0 Å². The van der Waals surface area contributed by atoms with E-state index in [1.165, 1.54) is 55.4 Å². The smallest absolute Gasteiger partial charge is 0.225 e. The van der Waals surface area contributed by atoms with Crippen molar-refractivity contribution in [3.63, 3.8) is 0 Å². The first-order valence-electron chi connectivity index (χ1n) is 7.55. The third kappa shape index (κ3) is 2.19. The molecule has 2 aliphatic carbocycles. The van der Waals surface area contributed by atoms with Gasteiger partial charge in [-0.3, -0.25) is 0 Å². The molecule has 2 aliphatic rings. The van der Waals surface area contributed by atoms with E-state index in [1.54, 1.807) is 0 Å². The van der Waals surface area contributed by atoms with E-state index in [-0.39, 0.29) is 0 Å². The minimum Gasteiger partial charge on any atom is -0.351 e. The highest BCUT2D eigenvalue weighted by Crippen LogP contribution is 2.39. The number of halogens is 1. The Morgan fingerprint density at radius 1 is 1.05 bits per heavy atom. The van der Waals surface area contributed by atoms with Crippen LogP contribution < -0.4 is 5.32 Å². The SMILES string of the molecule is Clc1nc(NC2CCCC2)nc2sc3c(c12)CCCC3. The Kier molecular flexibility index (Phi) is 3.31. The average Bonchev–Trinajstić information content (AvgIpc) is 3.05. The van der Waals surface area contributed by atoms with Gasteiger partial charge in [-0.15, -0.1) is 11.3 Å². The number of fused-ring (bicyclic) bond motifs is 3. The highest BCUT2D eigenvalue weighted by Gasteiger charge is 2.21. The normalized spacial score (nSPS) is 19.4. The maximum Gasteiger partial charge on any atom is 0.225 e. The van der Waals surface area contributed by atoms with Gasteiger partial charge in [0.25, 0.3) is 0 Å². The maximum atomic E-state index is 6.44. The molecule has 0 saturated heterocycles. The average molecular weight is 308 g/mol. The second-order valence-electron chi connectivity index (χ2n) is 5.85. The van der Waals surface area contributed by atoms with Gasteiger partial charge in [0, 0.05) is 10.9 Å². The van der Waals surface area contributed by atoms with Gasteiger partial charge in [0.05, 0.1) is 5.39 Å². The molecule has 20 heavy (non-hydrogen) atoms. The molecule has 5 heteroatoms. The van der Waals surface area contributed by atoms with E-state index < -0.39 is 0 Å². The zero-order valence-corrected chi connectivity index (χ0v) is 13.0. The van der Waals surface area contributed by atoms with E-state index in [0.29, 0.717) is 17.1 Å². The van der Waals surface area contributed by atoms with Crippen molar-refractivity contribution in [2.75, 3.05) is 5.32 Å². The predicted octanol–water partition coefficient (Wildman–Crippen LogP) is 4.58. The molecule has 2 aromatic heterocycles. The predicted molar refractivity (Wildman–Crippen MR) is 84.9 cm³/mol. The van der Waals surface area contributed by atoms with E-state index in [1.807, 2.05) is 11.3 Å².